The van der Waals surface area contributed by atoms with Crippen LogP contribution in [0, 0.1) is 50.2 Å². The van der Waals surface area contributed by atoms with Crippen LogP contribution < -0.4 is 88.7 Å². The Hall–Kier alpha value is 0.460. The van der Waals surface area contributed by atoms with Gasteiger partial charge in [-0.25, -0.2) is 9.59 Å². The van der Waals surface area contributed by atoms with Gasteiger partial charge in [0.25, 0.3) is 0 Å². The second-order valence-corrected chi connectivity index (χ2v) is 20.6. The van der Waals surface area contributed by atoms with Crippen molar-refractivity contribution in [1.29, 1.82) is 0 Å². The van der Waals surface area contributed by atoms with Gasteiger partial charge in [0.1, 0.15) is 36.6 Å². The van der Waals surface area contributed by atoms with E-state index in [0.29, 0.717) is 25.7 Å². The Morgan fingerprint density at radius 1 is 0.689 bits per heavy atom. The maximum atomic E-state index is 14.8. The van der Waals surface area contributed by atoms with Crippen molar-refractivity contribution in [2.24, 2.45) is 50.2 Å². The number of hydrogen-bond acceptors (Lipinski definition) is 13. The van der Waals surface area contributed by atoms with E-state index >= 15 is 0 Å². The van der Waals surface area contributed by atoms with E-state index in [9.17, 15) is 60.0 Å². The summed E-state index contributed by atoms with van der Waals surface area (Å²) in [5, 5.41) is 83.0. The molecule has 4 saturated carbocycles. The van der Waals surface area contributed by atoms with Crippen LogP contribution in [0.25, 0.3) is 0 Å². The van der Waals surface area contributed by atoms with Crippen molar-refractivity contribution in [2.75, 3.05) is 0 Å². The van der Waals surface area contributed by atoms with E-state index in [2.05, 4.69) is 27.7 Å². The molecule has 0 spiro atoms. The number of carboxylic acids is 3. The van der Waals surface area contributed by atoms with Crippen molar-refractivity contribution in [1.82, 2.24) is 0 Å². The van der Waals surface area contributed by atoms with Gasteiger partial charge in [-0.1, -0.05) is 47.1 Å². The SMILES string of the molecule is CC1(C)[C@@H](O[C@H]2O[C@H](C(=O)O)[C@@H](O)[C@H](O)[C@H]2O[C@@H]2O[C@H](C(=O)O)[C@@H](O)[C@H](O)[C@H]2O)CC[C@]2(C)[C@H]3C(=O)C=C4[C@@H]5C[C@@](C)(C(=O)O)CC[C@]5(C)CC[C@@]4(C)[C@]3(C)CC[C@@H]12.[H-].[H-].[H-].[Na+].[Na+].[Na+]. The summed E-state index contributed by atoms with van der Waals surface area (Å²) in [5.41, 5.74) is -1.81. The third-order valence-corrected chi connectivity index (χ3v) is 17.2. The number of carbonyl (C=O) groups is 4. The molecule has 19 heteroatoms. The average Bonchev–Trinajstić information content (AvgIpc) is 3.13. The molecule has 0 aromatic rings. The number of allylic oxidation sites excluding steroid dienone is 2. The van der Waals surface area contributed by atoms with Crippen molar-refractivity contribution in [2.45, 2.75) is 174 Å². The van der Waals surface area contributed by atoms with Crippen LogP contribution in [0.4, 0.5) is 0 Å². The van der Waals surface area contributed by atoms with Gasteiger partial charge in [-0.05, 0) is 110 Å². The fourth-order valence-corrected chi connectivity index (χ4v) is 13.4. The van der Waals surface area contributed by atoms with E-state index < -0.39 is 107 Å². The van der Waals surface area contributed by atoms with Crippen molar-refractivity contribution in [3.8, 4) is 0 Å². The Balaban J connectivity index is 0.00000341. The number of rotatable bonds is 7. The number of ketones is 1. The van der Waals surface area contributed by atoms with Gasteiger partial charge in [0.2, 0.25) is 0 Å². The van der Waals surface area contributed by atoms with E-state index in [1.54, 1.807) is 0 Å². The smallest absolute Gasteiger partial charge is 1.00 e. The molecule has 2 aliphatic heterocycles. The summed E-state index contributed by atoms with van der Waals surface area (Å²) >= 11 is 0. The minimum absolute atomic E-state index is 0. The Bertz CT molecular complexity index is 1770. The first-order valence-corrected chi connectivity index (χ1v) is 20.7. The van der Waals surface area contributed by atoms with E-state index in [1.165, 1.54) is 0 Å². The second-order valence-electron chi connectivity index (χ2n) is 20.6. The van der Waals surface area contributed by atoms with Crippen molar-refractivity contribution >= 4 is 23.7 Å². The largest absolute Gasteiger partial charge is 1.00 e. The topological polar surface area (TPSA) is 267 Å². The van der Waals surface area contributed by atoms with Crippen molar-refractivity contribution in [3.63, 3.8) is 0 Å². The maximum Gasteiger partial charge on any atom is 1.00 e. The van der Waals surface area contributed by atoms with E-state index in [-0.39, 0.29) is 127 Å². The normalized spacial score (nSPS) is 50.0. The first-order chi connectivity index (χ1) is 26.8. The molecule has 0 aromatic carbocycles. The average molecular weight is 895 g/mol. The van der Waals surface area contributed by atoms with Crippen LogP contribution in [0.1, 0.15) is 111 Å². The molecule has 7 rings (SSSR count). The first-order valence-electron chi connectivity index (χ1n) is 20.7. The van der Waals surface area contributed by atoms with Crippen LogP contribution in [-0.2, 0) is 38.1 Å². The molecule has 61 heavy (non-hydrogen) atoms. The number of carboxylic acid groups (broad SMARTS) is 3. The monoisotopic (exact) mass is 894 g/mol. The zero-order valence-corrected chi connectivity index (χ0v) is 43.4. The number of carbonyl (C=O) groups excluding carboxylic acids is 1. The van der Waals surface area contributed by atoms with Crippen LogP contribution >= 0.6 is 0 Å². The Kier molecular flexibility index (Phi) is 16.4. The molecule has 2 heterocycles. The Morgan fingerprint density at radius 3 is 1.82 bits per heavy atom. The molecule has 7 aliphatic rings. The summed E-state index contributed by atoms with van der Waals surface area (Å²) in [6, 6.07) is 0. The van der Waals surface area contributed by atoms with E-state index in [0.717, 1.165) is 37.7 Å². The fourth-order valence-electron chi connectivity index (χ4n) is 13.4. The molecular weight excluding hydrogens is 829 g/mol. The van der Waals surface area contributed by atoms with Gasteiger partial charge in [0, 0.05) is 5.92 Å². The summed E-state index contributed by atoms with van der Waals surface area (Å²) < 4.78 is 23.4. The van der Waals surface area contributed by atoms with Gasteiger partial charge < -0.3 is 64.1 Å². The van der Waals surface area contributed by atoms with Gasteiger partial charge in [-0.2, -0.15) is 0 Å². The van der Waals surface area contributed by atoms with E-state index in [1.807, 2.05) is 26.8 Å². The molecule has 19 atom stereocenters. The molecule has 2 saturated heterocycles. The number of ether oxygens (including phenoxy) is 4. The second kappa shape index (κ2) is 18.5. The molecular formula is C42H65Na3O16. The van der Waals surface area contributed by atoms with Gasteiger partial charge in [-0.3, -0.25) is 9.59 Å². The van der Waals surface area contributed by atoms with Crippen molar-refractivity contribution in [3.05, 3.63) is 11.6 Å². The quantitative estimate of drug-likeness (QED) is 0.0873. The van der Waals surface area contributed by atoms with Crippen LogP contribution in [0.15, 0.2) is 11.6 Å². The van der Waals surface area contributed by atoms with E-state index in [4.69, 9.17) is 18.9 Å². The third kappa shape index (κ3) is 8.44. The summed E-state index contributed by atoms with van der Waals surface area (Å²) in [6.45, 7) is 14.8. The molecule has 0 radical (unpaired) electrons. The van der Waals surface area contributed by atoms with Gasteiger partial charge >= 0.3 is 107 Å². The molecule has 8 N–H and O–H groups in total. The Labute approximate surface area is 427 Å². The summed E-state index contributed by atoms with van der Waals surface area (Å²) in [7, 11) is 0. The number of hydrogen-bond donors (Lipinski definition) is 8. The number of aliphatic carboxylic acids is 3. The zero-order valence-electron chi connectivity index (χ0n) is 40.4. The summed E-state index contributed by atoms with van der Waals surface area (Å²) in [4.78, 5) is 51.3. The Morgan fingerprint density at radius 2 is 1.25 bits per heavy atom. The van der Waals surface area contributed by atoms with Gasteiger partial charge in [0.05, 0.1) is 11.5 Å². The first kappa shape index (κ1) is 54.1. The number of aliphatic hydroxyl groups is 5. The van der Waals surface area contributed by atoms with Crippen LogP contribution in [0.5, 0.6) is 0 Å². The maximum absolute atomic E-state index is 14.8. The van der Waals surface area contributed by atoms with Crippen LogP contribution in [0.3, 0.4) is 0 Å². The van der Waals surface area contributed by atoms with Gasteiger partial charge in [-0.15, -0.1) is 0 Å². The standard InChI is InChI=1S/C42H62O16.3Na.3H/c1-37(2)21-8-11-42(7)31(20(43)16-18-19-17-39(4,36(53)54)13-12-38(19,3)14-15-41(18,42)6)40(21,5)10-9-22(37)55-35-30(26(47)25(46)29(57-35)33(51)52)58-34-27(48)23(44)24(45)28(56-34)32(49)50;;;;;;/h16,19,21-31,34-35,44-48H,8-15,17H2,1-7H3,(H,49,50)(H,51,52)(H,53,54);;;;;;/q;3*+1;3*-1/t19-,21-,22-,23-,24-,25-,26-,27+,28-,29-,30+,31+,34-,35-,38+,39-,40-,41+,42+;;;;;;/m0....../s1. The minimum Gasteiger partial charge on any atom is -1.00 e. The predicted octanol–water partition coefficient (Wildman–Crippen LogP) is -6.40. The molecule has 16 nitrogen and oxygen atoms in total. The zero-order chi connectivity index (χ0) is 42.9. The molecule has 5 aliphatic carbocycles. The number of aliphatic hydroxyl groups excluding tert-OH is 5. The molecule has 0 bridgehead atoms. The molecule has 0 unspecified atom stereocenters. The summed E-state index contributed by atoms with van der Waals surface area (Å²) in [6.07, 6.45) is -12.2. The molecule has 0 aromatic heterocycles. The van der Waals surface area contributed by atoms with Gasteiger partial charge in [0.15, 0.2) is 30.6 Å². The molecule has 0 amide bonds. The van der Waals surface area contributed by atoms with Crippen LogP contribution in [0.2, 0.25) is 0 Å². The molecule has 332 valence electrons. The minimum atomic E-state index is -2.05. The third-order valence-electron chi connectivity index (χ3n) is 17.2. The fraction of sp³-hybridized carbons (Fsp3) is 0.857. The van der Waals surface area contributed by atoms with Crippen LogP contribution in [-0.4, -0.2) is 132 Å². The number of fused-ring (bicyclic) bond motifs is 7. The van der Waals surface area contributed by atoms with Crippen molar-refractivity contribution < 1.29 is 172 Å². The predicted molar refractivity (Wildman–Crippen MR) is 203 cm³/mol. The summed E-state index contributed by atoms with van der Waals surface area (Å²) in [5.74, 6) is -4.47. The molecule has 6 fully saturated rings.